The molecule has 0 spiro atoms. The summed E-state index contributed by atoms with van der Waals surface area (Å²) in [5, 5.41) is 3.79. The van der Waals surface area contributed by atoms with Crippen LogP contribution >= 0.6 is 0 Å². The van der Waals surface area contributed by atoms with Crippen molar-refractivity contribution in [2.75, 3.05) is 12.4 Å². The fourth-order valence-corrected chi connectivity index (χ4v) is 3.59. The zero-order valence-electron chi connectivity index (χ0n) is 18.9. The second kappa shape index (κ2) is 10.4. The molecule has 0 aliphatic heterocycles. The Morgan fingerprint density at radius 2 is 1.76 bits per heavy atom. The van der Waals surface area contributed by atoms with Gasteiger partial charge in [0.25, 0.3) is 5.91 Å². The first-order valence-corrected chi connectivity index (χ1v) is 10.8. The number of nitrogens with one attached hydrogen (secondary N) is 1. The van der Waals surface area contributed by atoms with Crippen LogP contribution in [0.5, 0.6) is 5.75 Å². The highest BCUT2D eigenvalue weighted by Crippen LogP contribution is 2.28. The van der Waals surface area contributed by atoms with Crippen LogP contribution in [0.1, 0.15) is 22.8 Å². The summed E-state index contributed by atoms with van der Waals surface area (Å²) in [4.78, 5) is 30.3. The minimum absolute atomic E-state index is 0.483. The number of aromatic nitrogens is 1. The van der Waals surface area contributed by atoms with Gasteiger partial charge in [0.15, 0.2) is 0 Å². The van der Waals surface area contributed by atoms with Gasteiger partial charge in [-0.1, -0.05) is 60.7 Å². The molecular formula is C28H24N2O4. The number of anilines is 1. The number of pyridine rings is 1. The molecule has 4 rings (SSSR count). The molecule has 1 unspecified atom stereocenters. The van der Waals surface area contributed by atoms with Crippen LogP contribution < -0.4 is 10.1 Å². The van der Waals surface area contributed by atoms with Gasteiger partial charge in [0, 0.05) is 28.8 Å². The first kappa shape index (κ1) is 22.7. The van der Waals surface area contributed by atoms with Crippen LogP contribution in [-0.2, 0) is 14.3 Å². The van der Waals surface area contributed by atoms with Crippen LogP contribution in [-0.4, -0.2) is 24.0 Å². The first-order valence-electron chi connectivity index (χ1n) is 10.8. The zero-order valence-corrected chi connectivity index (χ0v) is 18.9. The van der Waals surface area contributed by atoms with Crippen molar-refractivity contribution in [3.63, 3.8) is 0 Å². The van der Waals surface area contributed by atoms with E-state index >= 15 is 0 Å². The number of amides is 1. The Morgan fingerprint density at radius 1 is 0.971 bits per heavy atom. The van der Waals surface area contributed by atoms with Gasteiger partial charge in [-0.3, -0.25) is 9.78 Å². The molecule has 1 heterocycles. The number of esters is 1. The number of fused-ring (bicyclic) bond motifs is 1. The molecule has 6 nitrogen and oxygen atoms in total. The number of nitrogens with zero attached hydrogens (tertiary/aromatic N) is 1. The van der Waals surface area contributed by atoms with Crippen LogP contribution in [0.3, 0.4) is 0 Å². The molecule has 0 fully saturated rings. The van der Waals surface area contributed by atoms with Gasteiger partial charge in [-0.2, -0.15) is 0 Å². The first-order chi connectivity index (χ1) is 16.5. The van der Waals surface area contributed by atoms with E-state index < -0.39 is 18.0 Å². The monoisotopic (exact) mass is 452 g/mol. The largest absolute Gasteiger partial charge is 0.495 e. The van der Waals surface area contributed by atoms with Crippen molar-refractivity contribution in [3.05, 3.63) is 108 Å². The minimum atomic E-state index is -1.14. The molecule has 1 atom stereocenters. The van der Waals surface area contributed by atoms with Gasteiger partial charge in [0.1, 0.15) is 5.75 Å². The number of carbonyl (C=O) groups is 2. The molecule has 0 saturated carbocycles. The number of hydrogen-bond acceptors (Lipinski definition) is 5. The molecule has 1 N–H and O–H groups in total. The molecular weight excluding hydrogens is 428 g/mol. The van der Waals surface area contributed by atoms with Crippen molar-refractivity contribution < 1.29 is 19.1 Å². The van der Waals surface area contributed by atoms with Gasteiger partial charge >= 0.3 is 5.97 Å². The van der Waals surface area contributed by atoms with Crippen LogP contribution in [0.15, 0.2) is 91.1 Å². The van der Waals surface area contributed by atoms with Crippen LogP contribution in [0, 0.1) is 6.92 Å². The number of ether oxygens (including phenoxy) is 2. The topological polar surface area (TPSA) is 77.5 Å². The predicted octanol–water partition coefficient (Wildman–Crippen LogP) is 5.49. The Bertz CT molecular complexity index is 1340. The lowest BCUT2D eigenvalue weighted by atomic mass is 10.1. The summed E-state index contributed by atoms with van der Waals surface area (Å²) in [5.74, 6) is -0.614. The Labute approximate surface area is 197 Å². The van der Waals surface area contributed by atoms with Gasteiger partial charge in [0.2, 0.25) is 6.10 Å². The maximum absolute atomic E-state index is 13.2. The van der Waals surface area contributed by atoms with Crippen LogP contribution in [0.25, 0.3) is 17.0 Å². The highest BCUT2D eigenvalue weighted by Gasteiger charge is 2.25. The van der Waals surface area contributed by atoms with E-state index in [1.54, 1.807) is 48.7 Å². The number of rotatable bonds is 7. The quantitative estimate of drug-likeness (QED) is 0.296. The van der Waals surface area contributed by atoms with E-state index in [0.29, 0.717) is 17.0 Å². The molecule has 34 heavy (non-hydrogen) atoms. The normalized spacial score (nSPS) is 11.8. The van der Waals surface area contributed by atoms with E-state index in [4.69, 9.17) is 9.47 Å². The summed E-state index contributed by atoms with van der Waals surface area (Å²) in [6.45, 7) is 1.91. The van der Waals surface area contributed by atoms with Gasteiger partial charge in [-0.15, -0.1) is 0 Å². The molecule has 3 aromatic carbocycles. The van der Waals surface area contributed by atoms with Crippen molar-refractivity contribution in [2.45, 2.75) is 13.0 Å². The molecule has 170 valence electrons. The molecule has 0 aliphatic carbocycles. The molecule has 1 aromatic heterocycles. The van der Waals surface area contributed by atoms with Crippen molar-refractivity contribution in [3.8, 4) is 5.75 Å². The number of hydrogen-bond donors (Lipinski definition) is 1. The molecule has 0 bridgehead atoms. The van der Waals surface area contributed by atoms with Crippen molar-refractivity contribution >= 4 is 34.5 Å². The van der Waals surface area contributed by atoms with E-state index in [0.717, 1.165) is 22.0 Å². The number of benzene rings is 3. The van der Waals surface area contributed by atoms with Crippen molar-refractivity contribution in [1.29, 1.82) is 0 Å². The second-order valence-electron chi connectivity index (χ2n) is 7.68. The van der Waals surface area contributed by atoms with Crippen LogP contribution in [0.2, 0.25) is 0 Å². The molecule has 0 saturated heterocycles. The second-order valence-corrected chi connectivity index (χ2v) is 7.68. The molecule has 0 aliphatic rings. The Kier molecular flexibility index (Phi) is 6.98. The summed E-state index contributed by atoms with van der Waals surface area (Å²) in [7, 11) is 1.53. The lowest BCUT2D eigenvalue weighted by Gasteiger charge is -2.18. The van der Waals surface area contributed by atoms with E-state index in [-0.39, 0.29) is 0 Å². The third-order valence-electron chi connectivity index (χ3n) is 5.25. The number of carbonyl (C=O) groups excluding carboxylic acids is 2. The zero-order chi connectivity index (χ0) is 23.9. The Balaban J connectivity index is 1.57. The highest BCUT2D eigenvalue weighted by molar-refractivity contribution is 5.99. The third-order valence-corrected chi connectivity index (χ3v) is 5.25. The van der Waals surface area contributed by atoms with E-state index in [1.807, 2.05) is 49.4 Å². The van der Waals surface area contributed by atoms with Gasteiger partial charge in [-0.05, 0) is 36.8 Å². The SMILES string of the molecule is COc1ccc(C)cc1NC(=O)C(OC(=O)/C=C/c1cccc2cccnc12)c1ccccc1. The summed E-state index contributed by atoms with van der Waals surface area (Å²) < 4.78 is 11.0. The molecule has 4 aromatic rings. The van der Waals surface area contributed by atoms with E-state index in [1.165, 1.54) is 13.2 Å². The maximum atomic E-state index is 13.2. The Hall–Kier alpha value is -4.45. The number of aryl methyl sites for hydroxylation is 1. The molecule has 1 amide bonds. The highest BCUT2D eigenvalue weighted by atomic mass is 16.5. The van der Waals surface area contributed by atoms with Crippen LogP contribution in [0.4, 0.5) is 5.69 Å². The van der Waals surface area contributed by atoms with Crippen molar-refractivity contribution in [1.82, 2.24) is 4.98 Å². The van der Waals surface area contributed by atoms with E-state index in [2.05, 4.69) is 10.3 Å². The van der Waals surface area contributed by atoms with Gasteiger partial charge < -0.3 is 14.8 Å². The predicted molar refractivity (Wildman–Crippen MR) is 132 cm³/mol. The van der Waals surface area contributed by atoms with Gasteiger partial charge in [-0.25, -0.2) is 4.79 Å². The third kappa shape index (κ3) is 5.30. The lowest BCUT2D eigenvalue weighted by Crippen LogP contribution is -2.25. The number of para-hydroxylation sites is 1. The summed E-state index contributed by atoms with van der Waals surface area (Å²) in [6, 6.07) is 23.9. The fourth-order valence-electron chi connectivity index (χ4n) is 3.59. The van der Waals surface area contributed by atoms with E-state index in [9.17, 15) is 9.59 Å². The molecule has 0 radical (unpaired) electrons. The smallest absolute Gasteiger partial charge is 0.331 e. The summed E-state index contributed by atoms with van der Waals surface area (Å²) in [6.07, 6.45) is 3.50. The average Bonchev–Trinajstić information content (AvgIpc) is 2.86. The van der Waals surface area contributed by atoms with Gasteiger partial charge in [0.05, 0.1) is 18.3 Å². The maximum Gasteiger partial charge on any atom is 0.331 e. The average molecular weight is 453 g/mol. The molecule has 6 heteroatoms. The summed E-state index contributed by atoms with van der Waals surface area (Å²) in [5.41, 5.74) is 3.57. The summed E-state index contributed by atoms with van der Waals surface area (Å²) >= 11 is 0. The fraction of sp³-hybridized carbons (Fsp3) is 0.107. The number of methoxy groups -OCH3 is 1. The minimum Gasteiger partial charge on any atom is -0.495 e. The standard InChI is InChI=1S/C28H24N2O4/c1-19-13-15-24(33-2)23(18-19)30-28(32)27(22-8-4-3-5-9-22)34-25(31)16-14-21-11-6-10-20-12-7-17-29-26(20)21/h3-18,27H,1-2H3,(H,30,32)/b16-14+. The van der Waals surface area contributed by atoms with Crippen molar-refractivity contribution in [2.24, 2.45) is 0 Å². The Morgan fingerprint density at radius 3 is 2.56 bits per heavy atom. The lowest BCUT2D eigenvalue weighted by molar-refractivity contribution is -0.149.